The molecule has 0 bridgehead atoms. The number of hydrogen-bond acceptors (Lipinski definition) is 7. The van der Waals surface area contributed by atoms with Crippen molar-refractivity contribution in [1.29, 1.82) is 0 Å². The van der Waals surface area contributed by atoms with Crippen molar-refractivity contribution >= 4 is 33.7 Å². The molecule has 4 aromatic rings. The van der Waals surface area contributed by atoms with Crippen LogP contribution in [0.5, 0.6) is 0 Å². The van der Waals surface area contributed by atoms with Crippen molar-refractivity contribution in [2.45, 2.75) is 26.7 Å². The monoisotopic (exact) mass is 410 g/mol. The van der Waals surface area contributed by atoms with Gasteiger partial charge in [-0.1, -0.05) is 28.9 Å². The Kier molecular flexibility index (Phi) is 5.31. The van der Waals surface area contributed by atoms with E-state index in [4.69, 9.17) is 4.52 Å². The zero-order chi connectivity index (χ0) is 19.5. The molecule has 0 unspecified atom stereocenters. The number of carbonyl (C=O) groups is 1. The van der Waals surface area contributed by atoms with Crippen molar-refractivity contribution in [3.8, 4) is 22.0 Å². The van der Waals surface area contributed by atoms with E-state index in [0.29, 0.717) is 23.3 Å². The normalized spacial score (nSPS) is 10.9. The van der Waals surface area contributed by atoms with Crippen LogP contribution in [-0.4, -0.2) is 21.0 Å². The van der Waals surface area contributed by atoms with E-state index < -0.39 is 0 Å². The zero-order valence-corrected chi connectivity index (χ0v) is 17.1. The predicted octanol–water partition coefficient (Wildman–Crippen LogP) is 5.11. The van der Waals surface area contributed by atoms with Crippen LogP contribution in [-0.2, 0) is 11.2 Å². The summed E-state index contributed by atoms with van der Waals surface area (Å²) in [6, 6.07) is 10.1. The van der Waals surface area contributed by atoms with Gasteiger partial charge in [-0.25, -0.2) is 4.98 Å². The molecule has 0 radical (unpaired) electrons. The van der Waals surface area contributed by atoms with Crippen molar-refractivity contribution in [1.82, 2.24) is 15.1 Å². The summed E-state index contributed by atoms with van der Waals surface area (Å²) in [5.74, 6) is 0.884. The summed E-state index contributed by atoms with van der Waals surface area (Å²) in [4.78, 5) is 22.1. The summed E-state index contributed by atoms with van der Waals surface area (Å²) >= 11 is 2.96. The number of thiophene rings is 1. The summed E-state index contributed by atoms with van der Waals surface area (Å²) in [6.45, 7) is 4.11. The largest absolute Gasteiger partial charge is 0.339 e. The molecule has 0 saturated carbocycles. The van der Waals surface area contributed by atoms with Gasteiger partial charge in [0.05, 0.1) is 10.6 Å². The van der Waals surface area contributed by atoms with Gasteiger partial charge in [0, 0.05) is 23.8 Å². The van der Waals surface area contributed by atoms with Crippen molar-refractivity contribution in [2.24, 2.45) is 0 Å². The number of hydrogen-bond donors (Lipinski definition) is 1. The fraction of sp³-hybridized carbons (Fsp3) is 0.200. The molecule has 6 nitrogen and oxygen atoms in total. The third kappa shape index (κ3) is 4.18. The maximum Gasteiger partial charge on any atom is 0.227 e. The molecule has 4 rings (SSSR count). The minimum absolute atomic E-state index is 0.127. The van der Waals surface area contributed by atoms with E-state index >= 15 is 0 Å². The molecule has 3 aromatic heterocycles. The third-order valence-corrected chi connectivity index (χ3v) is 5.82. The standard InChI is InChI=1S/C20H18N4O2S2/c1-12-5-6-13(2)14(10-12)15-11-28-20(21-15)22-17(25)7-8-18-23-19(24-26-18)16-4-3-9-27-16/h3-6,9-11H,7-8H2,1-2H3,(H,21,22,25). The molecule has 0 aliphatic carbocycles. The van der Waals surface area contributed by atoms with Gasteiger partial charge in [0.15, 0.2) is 5.13 Å². The first kappa shape index (κ1) is 18.5. The Bertz CT molecular complexity index is 1100. The van der Waals surface area contributed by atoms with Crippen LogP contribution in [0.15, 0.2) is 45.6 Å². The van der Waals surface area contributed by atoms with Gasteiger partial charge in [0.2, 0.25) is 17.6 Å². The van der Waals surface area contributed by atoms with E-state index in [1.807, 2.05) is 22.9 Å². The van der Waals surface area contributed by atoms with Crippen LogP contribution in [0, 0.1) is 13.8 Å². The number of rotatable bonds is 6. The molecule has 1 amide bonds. The lowest BCUT2D eigenvalue weighted by Crippen LogP contribution is -2.12. The molecule has 0 fully saturated rings. The van der Waals surface area contributed by atoms with Gasteiger partial charge in [-0.2, -0.15) is 4.98 Å². The highest BCUT2D eigenvalue weighted by atomic mass is 32.1. The van der Waals surface area contributed by atoms with Crippen LogP contribution >= 0.6 is 22.7 Å². The molecule has 142 valence electrons. The van der Waals surface area contributed by atoms with Crippen molar-refractivity contribution in [3.63, 3.8) is 0 Å². The molecule has 0 aliphatic heterocycles. The zero-order valence-electron chi connectivity index (χ0n) is 15.4. The number of carbonyl (C=O) groups excluding carboxylic acids is 1. The van der Waals surface area contributed by atoms with Crippen LogP contribution in [0.1, 0.15) is 23.4 Å². The van der Waals surface area contributed by atoms with Crippen LogP contribution in [0.3, 0.4) is 0 Å². The second-order valence-corrected chi connectivity index (χ2v) is 8.20. The molecule has 0 aliphatic rings. The Morgan fingerprint density at radius 3 is 2.89 bits per heavy atom. The number of nitrogens with one attached hydrogen (secondary N) is 1. The molecule has 0 spiro atoms. The number of nitrogens with zero attached hydrogens (tertiary/aromatic N) is 3. The van der Waals surface area contributed by atoms with Crippen LogP contribution < -0.4 is 5.32 Å². The summed E-state index contributed by atoms with van der Waals surface area (Å²) < 4.78 is 5.23. The van der Waals surface area contributed by atoms with Crippen LogP contribution in [0.25, 0.3) is 22.0 Å². The summed E-state index contributed by atoms with van der Waals surface area (Å²) in [6.07, 6.45) is 0.643. The van der Waals surface area contributed by atoms with Crippen molar-refractivity contribution < 1.29 is 9.32 Å². The fourth-order valence-electron chi connectivity index (χ4n) is 2.73. The average molecular weight is 411 g/mol. The minimum Gasteiger partial charge on any atom is -0.339 e. The van der Waals surface area contributed by atoms with E-state index in [2.05, 4.69) is 52.5 Å². The lowest BCUT2D eigenvalue weighted by molar-refractivity contribution is -0.116. The lowest BCUT2D eigenvalue weighted by atomic mass is 10.0. The summed E-state index contributed by atoms with van der Waals surface area (Å²) in [7, 11) is 0. The second-order valence-electron chi connectivity index (χ2n) is 6.39. The number of thiazole rings is 1. The lowest BCUT2D eigenvalue weighted by Gasteiger charge is -2.04. The first-order valence-electron chi connectivity index (χ1n) is 8.78. The molecule has 0 saturated heterocycles. The Labute approximate surface area is 170 Å². The summed E-state index contributed by atoms with van der Waals surface area (Å²) in [5.41, 5.74) is 4.30. The van der Waals surface area contributed by atoms with Gasteiger partial charge in [0.25, 0.3) is 0 Å². The highest BCUT2D eigenvalue weighted by Crippen LogP contribution is 2.28. The quantitative estimate of drug-likeness (QED) is 0.478. The molecule has 0 atom stereocenters. The molecular formula is C20H18N4O2S2. The van der Waals surface area contributed by atoms with Gasteiger partial charge >= 0.3 is 0 Å². The second kappa shape index (κ2) is 8.04. The summed E-state index contributed by atoms with van der Waals surface area (Å²) in [5, 5.41) is 11.3. The highest BCUT2D eigenvalue weighted by molar-refractivity contribution is 7.14. The van der Waals surface area contributed by atoms with Crippen molar-refractivity contribution in [2.75, 3.05) is 5.32 Å². The number of benzene rings is 1. The van der Waals surface area contributed by atoms with Gasteiger partial charge in [-0.05, 0) is 36.9 Å². The maximum atomic E-state index is 12.3. The van der Waals surface area contributed by atoms with E-state index in [-0.39, 0.29) is 12.3 Å². The first-order chi connectivity index (χ1) is 13.6. The molecular weight excluding hydrogens is 392 g/mol. The smallest absolute Gasteiger partial charge is 0.227 e. The van der Waals surface area contributed by atoms with Gasteiger partial charge in [-0.15, -0.1) is 22.7 Å². The van der Waals surface area contributed by atoms with Crippen LogP contribution in [0.4, 0.5) is 5.13 Å². The first-order valence-corrected chi connectivity index (χ1v) is 10.5. The average Bonchev–Trinajstić information content (AvgIpc) is 3.43. The number of aryl methyl sites for hydroxylation is 3. The van der Waals surface area contributed by atoms with Gasteiger partial charge < -0.3 is 9.84 Å². The van der Waals surface area contributed by atoms with Gasteiger partial charge in [0.1, 0.15) is 0 Å². The van der Waals surface area contributed by atoms with E-state index in [1.165, 1.54) is 16.9 Å². The minimum atomic E-state index is -0.127. The fourth-order valence-corrected chi connectivity index (χ4v) is 4.11. The van der Waals surface area contributed by atoms with E-state index in [0.717, 1.165) is 21.7 Å². The number of amides is 1. The van der Waals surface area contributed by atoms with E-state index in [1.54, 1.807) is 11.3 Å². The SMILES string of the molecule is Cc1ccc(C)c(-c2csc(NC(=O)CCc3nc(-c4cccs4)no3)n2)c1. The molecule has 3 heterocycles. The highest BCUT2D eigenvalue weighted by Gasteiger charge is 2.13. The van der Waals surface area contributed by atoms with Gasteiger partial charge in [-0.3, -0.25) is 4.79 Å². The molecule has 1 N–H and O–H groups in total. The predicted molar refractivity (Wildman–Crippen MR) is 112 cm³/mol. The number of anilines is 1. The van der Waals surface area contributed by atoms with Crippen LogP contribution in [0.2, 0.25) is 0 Å². The Balaban J connectivity index is 1.36. The molecule has 28 heavy (non-hydrogen) atoms. The van der Waals surface area contributed by atoms with Crippen molar-refractivity contribution in [3.05, 3.63) is 58.1 Å². The molecule has 8 heteroatoms. The maximum absolute atomic E-state index is 12.3. The van der Waals surface area contributed by atoms with E-state index in [9.17, 15) is 4.79 Å². The third-order valence-electron chi connectivity index (χ3n) is 4.20. The topological polar surface area (TPSA) is 80.9 Å². The Morgan fingerprint density at radius 1 is 1.18 bits per heavy atom. The Morgan fingerprint density at radius 2 is 2.07 bits per heavy atom. The Hall–Kier alpha value is -2.84. The number of aromatic nitrogens is 3. The molecule has 1 aromatic carbocycles.